The van der Waals surface area contributed by atoms with Crippen LogP contribution < -0.4 is 5.32 Å². The maximum Gasteiger partial charge on any atom is 0.266 e. The number of benzene rings is 2. The predicted molar refractivity (Wildman–Crippen MR) is 133 cm³/mol. The van der Waals surface area contributed by atoms with E-state index in [-0.39, 0.29) is 11.0 Å². The molecule has 32 heavy (non-hydrogen) atoms. The average molecular weight is 466 g/mol. The van der Waals surface area contributed by atoms with Gasteiger partial charge in [-0.2, -0.15) is 5.26 Å². The number of anilines is 1. The fraction of sp³-hybridized carbons (Fsp3) is 0.231. The van der Waals surface area contributed by atoms with Gasteiger partial charge in [0.05, 0.1) is 10.0 Å². The monoisotopic (exact) mass is 465 g/mol. The van der Waals surface area contributed by atoms with E-state index in [4.69, 9.17) is 23.2 Å². The molecule has 164 valence electrons. The lowest BCUT2D eigenvalue weighted by molar-refractivity contribution is -0.112. The number of carbonyl (C=O) groups excluding carboxylic acids is 1. The normalized spacial score (nSPS) is 11.9. The topological polar surface area (TPSA) is 57.8 Å². The standard InChI is InChI=1S/C26H25Cl2N3O/c1-16-12-18(17(2)31(16)22-9-6-20(7-10-22)26(3,4)5)13-19(15-29)25(32)30-21-8-11-23(27)24(28)14-21/h6-14H,1-5H3,(H,30,32)/b19-13-. The van der Waals surface area contributed by atoms with E-state index in [0.717, 1.165) is 22.6 Å². The van der Waals surface area contributed by atoms with E-state index in [1.807, 2.05) is 26.0 Å². The van der Waals surface area contributed by atoms with Crippen molar-refractivity contribution in [1.82, 2.24) is 4.57 Å². The summed E-state index contributed by atoms with van der Waals surface area (Å²) in [6.45, 7) is 10.5. The highest BCUT2D eigenvalue weighted by molar-refractivity contribution is 6.42. The summed E-state index contributed by atoms with van der Waals surface area (Å²) in [4.78, 5) is 12.7. The van der Waals surface area contributed by atoms with Crippen molar-refractivity contribution in [2.45, 2.75) is 40.0 Å². The molecule has 1 aromatic heterocycles. The van der Waals surface area contributed by atoms with Gasteiger partial charge in [-0.25, -0.2) is 0 Å². The first-order valence-electron chi connectivity index (χ1n) is 10.2. The second-order valence-electron chi connectivity index (χ2n) is 8.71. The van der Waals surface area contributed by atoms with Crippen molar-refractivity contribution in [2.24, 2.45) is 0 Å². The molecule has 4 nitrogen and oxygen atoms in total. The number of amides is 1. The Labute approximate surface area is 199 Å². The molecule has 0 aliphatic carbocycles. The van der Waals surface area contributed by atoms with Crippen molar-refractivity contribution in [3.63, 3.8) is 0 Å². The SMILES string of the molecule is Cc1cc(/C=C(/C#N)C(=O)Nc2ccc(Cl)c(Cl)c2)c(C)n1-c1ccc(C(C)(C)C)cc1. The molecule has 0 saturated carbocycles. The first-order valence-corrected chi connectivity index (χ1v) is 10.9. The molecule has 6 heteroatoms. The summed E-state index contributed by atoms with van der Waals surface area (Å²) >= 11 is 11.9. The lowest BCUT2D eigenvalue weighted by Gasteiger charge is -2.20. The lowest BCUT2D eigenvalue weighted by Crippen LogP contribution is -2.13. The van der Waals surface area contributed by atoms with Crippen molar-refractivity contribution >= 4 is 40.9 Å². The molecule has 1 amide bonds. The Balaban J connectivity index is 1.91. The van der Waals surface area contributed by atoms with Gasteiger partial charge in [0, 0.05) is 22.8 Å². The Morgan fingerprint density at radius 2 is 1.69 bits per heavy atom. The summed E-state index contributed by atoms with van der Waals surface area (Å²) in [6, 6.07) is 17.2. The van der Waals surface area contributed by atoms with Crippen LogP contribution in [0.25, 0.3) is 11.8 Å². The summed E-state index contributed by atoms with van der Waals surface area (Å²) < 4.78 is 2.12. The summed E-state index contributed by atoms with van der Waals surface area (Å²) in [7, 11) is 0. The fourth-order valence-electron chi connectivity index (χ4n) is 3.52. The molecule has 1 heterocycles. The van der Waals surface area contributed by atoms with Crippen molar-refractivity contribution in [2.75, 3.05) is 5.32 Å². The lowest BCUT2D eigenvalue weighted by atomic mass is 9.87. The zero-order valence-electron chi connectivity index (χ0n) is 18.8. The quantitative estimate of drug-likeness (QED) is 0.325. The zero-order chi connectivity index (χ0) is 23.6. The van der Waals surface area contributed by atoms with Gasteiger partial charge < -0.3 is 9.88 Å². The molecule has 0 saturated heterocycles. The fourth-order valence-corrected chi connectivity index (χ4v) is 3.82. The van der Waals surface area contributed by atoms with Crippen LogP contribution in [0.1, 0.15) is 43.3 Å². The van der Waals surface area contributed by atoms with Crippen LogP contribution in [0.3, 0.4) is 0 Å². The van der Waals surface area contributed by atoms with Crippen molar-refractivity contribution < 1.29 is 4.79 Å². The van der Waals surface area contributed by atoms with Gasteiger partial charge in [-0.05, 0) is 72.9 Å². The van der Waals surface area contributed by atoms with Crippen molar-refractivity contribution in [1.29, 1.82) is 5.26 Å². The van der Waals surface area contributed by atoms with Crippen LogP contribution in [0.5, 0.6) is 0 Å². The van der Waals surface area contributed by atoms with Crippen LogP contribution >= 0.6 is 23.2 Å². The van der Waals surface area contributed by atoms with Gasteiger partial charge >= 0.3 is 0 Å². The molecule has 0 bridgehead atoms. The van der Waals surface area contributed by atoms with Crippen molar-refractivity contribution in [3.05, 3.63) is 86.7 Å². The molecule has 3 rings (SSSR count). The molecule has 0 radical (unpaired) electrons. The minimum absolute atomic E-state index is 0.000553. The highest BCUT2D eigenvalue weighted by Gasteiger charge is 2.16. The number of nitrogens with zero attached hydrogens (tertiary/aromatic N) is 2. The van der Waals surface area contributed by atoms with Gasteiger partial charge in [-0.1, -0.05) is 56.1 Å². The van der Waals surface area contributed by atoms with Gasteiger partial charge in [-0.3, -0.25) is 4.79 Å². The largest absolute Gasteiger partial charge is 0.321 e. The Kier molecular flexibility index (Phi) is 6.83. The number of hydrogen-bond donors (Lipinski definition) is 1. The Morgan fingerprint density at radius 1 is 1.03 bits per heavy atom. The number of hydrogen-bond acceptors (Lipinski definition) is 2. The first-order chi connectivity index (χ1) is 15.0. The minimum Gasteiger partial charge on any atom is -0.321 e. The highest BCUT2D eigenvalue weighted by Crippen LogP contribution is 2.28. The zero-order valence-corrected chi connectivity index (χ0v) is 20.3. The predicted octanol–water partition coefficient (Wildman–Crippen LogP) is 7.24. The number of aryl methyl sites for hydroxylation is 1. The van der Waals surface area contributed by atoms with Gasteiger partial charge in [0.15, 0.2) is 0 Å². The summed E-state index contributed by atoms with van der Waals surface area (Å²) in [5.74, 6) is -0.509. The summed E-state index contributed by atoms with van der Waals surface area (Å²) in [6.07, 6.45) is 1.61. The molecular formula is C26H25Cl2N3O. The van der Waals surface area contributed by atoms with Crippen LogP contribution in [-0.2, 0) is 10.2 Å². The Hall–Kier alpha value is -3.00. The van der Waals surface area contributed by atoms with Crippen molar-refractivity contribution in [3.8, 4) is 11.8 Å². The number of nitrogens with one attached hydrogen (secondary N) is 1. The molecule has 0 atom stereocenters. The van der Waals surface area contributed by atoms with E-state index >= 15 is 0 Å². The van der Waals surface area contributed by atoms with Gasteiger partial charge in [0.2, 0.25) is 0 Å². The van der Waals surface area contributed by atoms with Gasteiger partial charge in [-0.15, -0.1) is 0 Å². The number of aromatic nitrogens is 1. The van der Waals surface area contributed by atoms with Crippen LogP contribution in [0.4, 0.5) is 5.69 Å². The molecule has 2 aromatic carbocycles. The van der Waals surface area contributed by atoms with Gasteiger partial charge in [0.25, 0.3) is 5.91 Å². The first kappa shape index (κ1) is 23.7. The third kappa shape index (κ3) is 5.07. The molecule has 3 aromatic rings. The smallest absolute Gasteiger partial charge is 0.266 e. The third-order valence-electron chi connectivity index (χ3n) is 5.30. The van der Waals surface area contributed by atoms with E-state index in [1.165, 1.54) is 5.56 Å². The molecule has 0 aliphatic rings. The molecule has 1 N–H and O–H groups in total. The second-order valence-corrected chi connectivity index (χ2v) is 9.53. The summed E-state index contributed by atoms with van der Waals surface area (Å²) in [5, 5.41) is 13.0. The van der Waals surface area contributed by atoms with Crippen LogP contribution in [-0.4, -0.2) is 10.5 Å². The Morgan fingerprint density at radius 3 is 2.25 bits per heavy atom. The molecule has 0 fully saturated rings. The number of nitriles is 1. The van der Waals surface area contributed by atoms with E-state index in [9.17, 15) is 10.1 Å². The summed E-state index contributed by atoms with van der Waals surface area (Å²) in [5.41, 5.74) is 5.61. The Bertz CT molecular complexity index is 1240. The van der Waals surface area contributed by atoms with E-state index in [0.29, 0.717) is 15.7 Å². The van der Waals surface area contributed by atoms with E-state index in [1.54, 1.807) is 24.3 Å². The second kappa shape index (κ2) is 9.24. The van der Waals surface area contributed by atoms with Gasteiger partial charge in [0.1, 0.15) is 11.6 Å². The maximum absolute atomic E-state index is 12.7. The molecule has 0 unspecified atom stereocenters. The van der Waals surface area contributed by atoms with Crippen LogP contribution in [0.15, 0.2) is 54.1 Å². The maximum atomic E-state index is 12.7. The molecular weight excluding hydrogens is 441 g/mol. The number of halogens is 2. The number of carbonyl (C=O) groups is 1. The average Bonchev–Trinajstić information content (AvgIpc) is 3.01. The molecule has 0 aliphatic heterocycles. The number of rotatable bonds is 4. The van der Waals surface area contributed by atoms with Crippen LogP contribution in [0.2, 0.25) is 10.0 Å². The highest BCUT2D eigenvalue weighted by atomic mass is 35.5. The minimum atomic E-state index is -0.509. The van der Waals surface area contributed by atoms with E-state index in [2.05, 4.69) is 54.9 Å². The van der Waals surface area contributed by atoms with Crippen LogP contribution in [0, 0.1) is 25.2 Å². The molecule has 0 spiro atoms. The van der Waals surface area contributed by atoms with E-state index < -0.39 is 5.91 Å². The third-order valence-corrected chi connectivity index (χ3v) is 6.04.